The van der Waals surface area contributed by atoms with E-state index in [4.69, 9.17) is 5.11 Å². The van der Waals surface area contributed by atoms with Crippen LogP contribution in [0.2, 0.25) is 0 Å². The fourth-order valence-electron chi connectivity index (χ4n) is 2.10. The molecule has 15 heavy (non-hydrogen) atoms. The number of nitrogens with one attached hydrogen (secondary N) is 1. The molecule has 80 valence electrons. The van der Waals surface area contributed by atoms with Gasteiger partial charge in [-0.15, -0.1) is 0 Å². The van der Waals surface area contributed by atoms with Gasteiger partial charge in [0.2, 0.25) is 0 Å². The second kappa shape index (κ2) is 3.93. The summed E-state index contributed by atoms with van der Waals surface area (Å²) >= 11 is 0. The summed E-state index contributed by atoms with van der Waals surface area (Å²) in [6, 6.07) is 6.47. The molecule has 3 nitrogen and oxygen atoms in total. The Bertz CT molecular complexity index is 387. The number of carboxylic acid groups (broad SMARTS) is 1. The van der Waals surface area contributed by atoms with E-state index in [1.54, 1.807) is 0 Å². The van der Waals surface area contributed by atoms with E-state index < -0.39 is 5.97 Å². The fourth-order valence-corrected chi connectivity index (χ4v) is 2.10. The topological polar surface area (TPSA) is 49.3 Å². The molecule has 1 aromatic rings. The summed E-state index contributed by atoms with van der Waals surface area (Å²) in [6.45, 7) is 2.10. The largest absolute Gasteiger partial charge is 0.481 e. The Kier molecular flexibility index (Phi) is 2.62. The van der Waals surface area contributed by atoms with Crippen LogP contribution in [0.5, 0.6) is 0 Å². The molecule has 0 aromatic heterocycles. The average molecular weight is 205 g/mol. The van der Waals surface area contributed by atoms with Crippen LogP contribution in [0.1, 0.15) is 24.0 Å². The highest BCUT2D eigenvalue weighted by molar-refractivity contribution is 5.67. The highest BCUT2D eigenvalue weighted by Crippen LogP contribution is 2.29. The van der Waals surface area contributed by atoms with Gasteiger partial charge >= 0.3 is 5.97 Å². The molecule has 1 aliphatic rings. The highest BCUT2D eigenvalue weighted by Gasteiger charge is 2.21. The summed E-state index contributed by atoms with van der Waals surface area (Å²) in [4.78, 5) is 10.5. The quantitative estimate of drug-likeness (QED) is 0.795. The van der Waals surface area contributed by atoms with Gasteiger partial charge in [-0.2, -0.15) is 0 Å². The number of carbonyl (C=O) groups is 1. The zero-order valence-corrected chi connectivity index (χ0v) is 8.79. The predicted octanol–water partition coefficient (Wildman–Crippen LogP) is 2.20. The molecular formula is C12H15NO2. The number of hydrogen-bond acceptors (Lipinski definition) is 2. The number of benzene rings is 1. The maximum Gasteiger partial charge on any atom is 0.303 e. The molecule has 1 aliphatic heterocycles. The first-order valence-corrected chi connectivity index (χ1v) is 5.23. The molecule has 3 heteroatoms. The van der Waals surface area contributed by atoms with Gasteiger partial charge in [0, 0.05) is 18.2 Å². The number of rotatable bonds is 3. The third kappa shape index (κ3) is 2.12. The maximum absolute atomic E-state index is 10.5. The maximum atomic E-state index is 10.5. The molecular weight excluding hydrogens is 190 g/mol. The van der Waals surface area contributed by atoms with Crippen LogP contribution >= 0.6 is 0 Å². The minimum Gasteiger partial charge on any atom is -0.481 e. The molecule has 2 rings (SSSR count). The lowest BCUT2D eigenvalue weighted by molar-refractivity contribution is -0.137. The third-order valence-electron chi connectivity index (χ3n) is 2.93. The number of aryl methyl sites for hydroxylation is 1. The van der Waals surface area contributed by atoms with Gasteiger partial charge in [0.05, 0.1) is 0 Å². The van der Waals surface area contributed by atoms with Crippen molar-refractivity contribution in [1.29, 1.82) is 0 Å². The number of carboxylic acids is 1. The molecule has 2 N–H and O–H groups in total. The molecule has 0 radical (unpaired) electrons. The SMILES string of the molecule is Cc1cccc2c1CC(CCC(=O)O)N2. The lowest BCUT2D eigenvalue weighted by atomic mass is 10.0. The minimum atomic E-state index is -0.718. The molecule has 0 spiro atoms. The Labute approximate surface area is 89.1 Å². The number of aliphatic carboxylic acids is 1. The smallest absolute Gasteiger partial charge is 0.303 e. The summed E-state index contributed by atoms with van der Waals surface area (Å²) in [5.41, 5.74) is 3.80. The summed E-state index contributed by atoms with van der Waals surface area (Å²) in [5.74, 6) is -0.718. The lowest BCUT2D eigenvalue weighted by Gasteiger charge is -2.08. The van der Waals surface area contributed by atoms with Crippen molar-refractivity contribution in [3.05, 3.63) is 29.3 Å². The predicted molar refractivity (Wildman–Crippen MR) is 59.2 cm³/mol. The molecule has 1 unspecified atom stereocenters. The van der Waals surface area contributed by atoms with Crippen LogP contribution in [0, 0.1) is 6.92 Å². The zero-order chi connectivity index (χ0) is 10.8. The van der Waals surface area contributed by atoms with E-state index >= 15 is 0 Å². The number of fused-ring (bicyclic) bond motifs is 1. The normalized spacial score (nSPS) is 18.3. The van der Waals surface area contributed by atoms with Gasteiger partial charge in [-0.25, -0.2) is 0 Å². The number of hydrogen-bond donors (Lipinski definition) is 2. The van der Waals surface area contributed by atoms with Crippen molar-refractivity contribution in [1.82, 2.24) is 0 Å². The van der Waals surface area contributed by atoms with Crippen molar-refractivity contribution in [2.45, 2.75) is 32.2 Å². The van der Waals surface area contributed by atoms with E-state index in [2.05, 4.69) is 24.4 Å². The van der Waals surface area contributed by atoms with Gasteiger partial charge in [-0.05, 0) is 37.0 Å². The second-order valence-corrected chi connectivity index (χ2v) is 4.08. The van der Waals surface area contributed by atoms with E-state index in [0.717, 1.165) is 6.42 Å². The van der Waals surface area contributed by atoms with Crippen LogP contribution in [0.25, 0.3) is 0 Å². The summed E-state index contributed by atoms with van der Waals surface area (Å²) < 4.78 is 0. The van der Waals surface area contributed by atoms with Crippen LogP contribution in [0.15, 0.2) is 18.2 Å². The van der Waals surface area contributed by atoms with Crippen LogP contribution in [-0.4, -0.2) is 17.1 Å². The standard InChI is InChI=1S/C12H15NO2/c1-8-3-2-4-11-10(8)7-9(13-11)5-6-12(14)15/h2-4,9,13H,5-7H2,1H3,(H,14,15). The molecule has 0 bridgehead atoms. The molecule has 0 saturated heterocycles. The van der Waals surface area contributed by atoms with Crippen molar-refractivity contribution in [2.75, 3.05) is 5.32 Å². The van der Waals surface area contributed by atoms with E-state index in [-0.39, 0.29) is 12.5 Å². The molecule has 0 aliphatic carbocycles. The molecule has 1 heterocycles. The van der Waals surface area contributed by atoms with Crippen LogP contribution in [0.3, 0.4) is 0 Å². The van der Waals surface area contributed by atoms with Gasteiger partial charge in [-0.3, -0.25) is 4.79 Å². The Hall–Kier alpha value is -1.51. The van der Waals surface area contributed by atoms with E-state index in [1.165, 1.54) is 16.8 Å². The van der Waals surface area contributed by atoms with Crippen LogP contribution in [0.4, 0.5) is 5.69 Å². The third-order valence-corrected chi connectivity index (χ3v) is 2.93. The first-order chi connectivity index (χ1) is 7.16. The fraction of sp³-hybridized carbons (Fsp3) is 0.417. The summed E-state index contributed by atoms with van der Waals surface area (Å²) in [5, 5.41) is 12.0. The van der Waals surface area contributed by atoms with E-state index in [9.17, 15) is 4.79 Å². The molecule has 0 amide bonds. The first kappa shape index (κ1) is 10.0. The molecule has 0 saturated carbocycles. The van der Waals surface area contributed by atoms with Crippen molar-refractivity contribution in [3.63, 3.8) is 0 Å². The summed E-state index contributed by atoms with van der Waals surface area (Å²) in [6.07, 6.45) is 1.89. The van der Waals surface area contributed by atoms with Gasteiger partial charge in [-0.1, -0.05) is 12.1 Å². The van der Waals surface area contributed by atoms with Crippen LogP contribution < -0.4 is 5.32 Å². The van der Waals surface area contributed by atoms with Gasteiger partial charge < -0.3 is 10.4 Å². The first-order valence-electron chi connectivity index (χ1n) is 5.23. The minimum absolute atomic E-state index is 0.241. The van der Waals surface area contributed by atoms with Crippen molar-refractivity contribution >= 4 is 11.7 Å². The van der Waals surface area contributed by atoms with Crippen LogP contribution in [-0.2, 0) is 11.2 Å². The molecule has 1 aromatic carbocycles. The average Bonchev–Trinajstić information content (AvgIpc) is 2.59. The van der Waals surface area contributed by atoms with Gasteiger partial charge in [0.1, 0.15) is 0 Å². The van der Waals surface area contributed by atoms with Crippen molar-refractivity contribution < 1.29 is 9.90 Å². The summed E-state index contributed by atoms with van der Waals surface area (Å²) in [7, 11) is 0. The highest BCUT2D eigenvalue weighted by atomic mass is 16.4. The van der Waals surface area contributed by atoms with Gasteiger partial charge in [0.25, 0.3) is 0 Å². The monoisotopic (exact) mass is 205 g/mol. The molecule has 0 fully saturated rings. The second-order valence-electron chi connectivity index (χ2n) is 4.08. The Balaban J connectivity index is 2.03. The lowest BCUT2D eigenvalue weighted by Crippen LogP contribution is -2.16. The Morgan fingerprint density at radius 2 is 2.40 bits per heavy atom. The Morgan fingerprint density at radius 1 is 1.60 bits per heavy atom. The van der Waals surface area contributed by atoms with E-state index in [0.29, 0.717) is 6.42 Å². The molecule has 1 atom stereocenters. The van der Waals surface area contributed by atoms with E-state index in [1.807, 2.05) is 6.07 Å². The van der Waals surface area contributed by atoms with Crippen molar-refractivity contribution in [2.24, 2.45) is 0 Å². The van der Waals surface area contributed by atoms with Gasteiger partial charge in [0.15, 0.2) is 0 Å². The Morgan fingerprint density at radius 3 is 3.07 bits per heavy atom. The number of anilines is 1. The zero-order valence-electron chi connectivity index (χ0n) is 8.79. The van der Waals surface area contributed by atoms with Crippen molar-refractivity contribution in [3.8, 4) is 0 Å².